The van der Waals surface area contributed by atoms with Crippen molar-refractivity contribution >= 4 is 29.2 Å². The van der Waals surface area contributed by atoms with Gasteiger partial charge in [0.15, 0.2) is 0 Å². The zero-order valence-electron chi connectivity index (χ0n) is 17.8. The largest absolute Gasteiger partial charge is 0.342 e. The zero-order chi connectivity index (χ0) is 21.2. The van der Waals surface area contributed by atoms with Gasteiger partial charge in [0.1, 0.15) is 17.5 Å². The number of carbonyl (C=O) groups is 3. The molecule has 1 saturated carbocycles. The average molecular weight is 412 g/mol. The van der Waals surface area contributed by atoms with Gasteiger partial charge in [-0.15, -0.1) is 5.92 Å². The lowest BCUT2D eigenvalue weighted by atomic mass is 9.62. The topological polar surface area (TPSA) is 54.5 Å². The molecular weight excluding hydrogens is 382 g/mol. The molecule has 0 aromatic heterocycles. The molecule has 1 aliphatic carbocycles. The molecule has 3 rings (SSSR count). The van der Waals surface area contributed by atoms with Crippen molar-refractivity contribution in [2.24, 2.45) is 5.41 Å². The monoisotopic (exact) mass is 411 g/mol. The Hall–Kier alpha value is -2.06. The number of hydrogen-bond acceptors (Lipinski definition) is 4. The Balaban J connectivity index is 1.78. The number of ketones is 2. The molecule has 0 radical (unpaired) electrons. The lowest BCUT2D eigenvalue weighted by Crippen LogP contribution is -2.48. The number of aryl methyl sites for hydroxylation is 2. The van der Waals surface area contributed by atoms with E-state index in [0.717, 1.165) is 35.1 Å². The van der Waals surface area contributed by atoms with E-state index in [9.17, 15) is 14.4 Å². The minimum absolute atomic E-state index is 0.0330. The van der Waals surface area contributed by atoms with Crippen molar-refractivity contribution < 1.29 is 14.4 Å². The molecule has 1 aliphatic heterocycles. The van der Waals surface area contributed by atoms with Gasteiger partial charge in [-0.2, -0.15) is 11.8 Å². The predicted octanol–water partition coefficient (Wildman–Crippen LogP) is 3.66. The van der Waals surface area contributed by atoms with E-state index in [1.807, 2.05) is 37.1 Å². The molecule has 0 N–H and O–H groups in total. The van der Waals surface area contributed by atoms with Gasteiger partial charge in [-0.05, 0) is 74.1 Å². The first kappa shape index (κ1) is 21.6. The van der Waals surface area contributed by atoms with Crippen LogP contribution in [-0.4, -0.2) is 47.5 Å². The van der Waals surface area contributed by atoms with Crippen molar-refractivity contribution in [2.45, 2.75) is 52.4 Å². The Morgan fingerprint density at radius 3 is 2.17 bits per heavy atom. The van der Waals surface area contributed by atoms with E-state index in [0.29, 0.717) is 31.7 Å². The summed E-state index contributed by atoms with van der Waals surface area (Å²) in [5.74, 6) is 6.01. The number of carbonyl (C=O) groups excluding carboxylic acids is 3. The molecule has 2 aliphatic rings. The molecule has 2 fully saturated rings. The first-order valence-electron chi connectivity index (χ1n) is 10.2. The van der Waals surface area contributed by atoms with Crippen molar-refractivity contribution in [1.29, 1.82) is 0 Å². The molecule has 1 heterocycles. The summed E-state index contributed by atoms with van der Waals surface area (Å²) in [6, 6.07) is 3.94. The number of thioether (sulfide) groups is 1. The number of rotatable bonds is 3. The second-order valence-corrected chi connectivity index (χ2v) is 9.30. The maximum atomic E-state index is 13.2. The summed E-state index contributed by atoms with van der Waals surface area (Å²) in [4.78, 5) is 40.4. The standard InChI is InChI=1S/C24H29NO3S/c1-5-6-18-11-16(2)22(17(3)12-18)23-19(26)13-24(14-20(23)27)7-9-25(10-8-24)21(28)15-29-4/h11-12,23H,7-10,13-15H2,1-4H3. The predicted molar refractivity (Wildman–Crippen MR) is 117 cm³/mol. The van der Waals surface area contributed by atoms with Crippen LogP contribution in [0.4, 0.5) is 0 Å². The van der Waals surface area contributed by atoms with E-state index >= 15 is 0 Å². The Labute approximate surface area is 177 Å². The van der Waals surface area contributed by atoms with Crippen LogP contribution in [0.1, 0.15) is 60.8 Å². The molecule has 1 amide bonds. The molecule has 154 valence electrons. The molecule has 5 heteroatoms. The lowest BCUT2D eigenvalue weighted by Gasteiger charge is -2.44. The van der Waals surface area contributed by atoms with Gasteiger partial charge in [0.2, 0.25) is 5.91 Å². The molecule has 0 bridgehead atoms. The number of likely N-dealkylation sites (tertiary alicyclic amines) is 1. The van der Waals surface area contributed by atoms with Crippen LogP contribution in [0.25, 0.3) is 0 Å². The highest BCUT2D eigenvalue weighted by Gasteiger charge is 2.47. The van der Waals surface area contributed by atoms with Crippen LogP contribution in [0.3, 0.4) is 0 Å². The quantitative estimate of drug-likeness (QED) is 0.563. The fourth-order valence-electron chi connectivity index (χ4n) is 4.95. The summed E-state index contributed by atoms with van der Waals surface area (Å²) < 4.78 is 0. The van der Waals surface area contributed by atoms with E-state index in [4.69, 9.17) is 0 Å². The van der Waals surface area contributed by atoms with Gasteiger partial charge < -0.3 is 4.90 Å². The summed E-state index contributed by atoms with van der Waals surface area (Å²) in [6.45, 7) is 7.01. The van der Waals surface area contributed by atoms with Crippen molar-refractivity contribution in [3.63, 3.8) is 0 Å². The van der Waals surface area contributed by atoms with Crippen LogP contribution < -0.4 is 0 Å². The Morgan fingerprint density at radius 1 is 1.14 bits per heavy atom. The van der Waals surface area contributed by atoms with E-state index in [2.05, 4.69) is 11.8 Å². The van der Waals surface area contributed by atoms with Gasteiger partial charge in [0, 0.05) is 31.5 Å². The van der Waals surface area contributed by atoms with E-state index in [1.54, 1.807) is 6.92 Å². The molecule has 4 nitrogen and oxygen atoms in total. The van der Waals surface area contributed by atoms with Crippen LogP contribution in [0.2, 0.25) is 0 Å². The molecule has 1 aromatic carbocycles. The summed E-state index contributed by atoms with van der Waals surface area (Å²) in [5, 5.41) is 0. The van der Waals surface area contributed by atoms with E-state index in [-0.39, 0.29) is 22.9 Å². The number of nitrogens with zero attached hydrogens (tertiary/aromatic N) is 1. The second-order valence-electron chi connectivity index (χ2n) is 8.43. The lowest BCUT2D eigenvalue weighted by molar-refractivity contribution is -0.139. The third kappa shape index (κ3) is 4.43. The van der Waals surface area contributed by atoms with E-state index in [1.165, 1.54) is 11.8 Å². The first-order valence-corrected chi connectivity index (χ1v) is 11.6. The molecule has 29 heavy (non-hydrogen) atoms. The normalized spacial score (nSPS) is 19.2. The van der Waals surface area contributed by atoms with Crippen molar-refractivity contribution in [1.82, 2.24) is 4.90 Å². The van der Waals surface area contributed by atoms with Crippen molar-refractivity contribution in [3.8, 4) is 11.8 Å². The summed E-state index contributed by atoms with van der Waals surface area (Å²) in [7, 11) is 0. The SMILES string of the molecule is CC#Cc1cc(C)c(C2C(=O)CC3(CCN(C(=O)CSC)CC3)CC2=O)c(C)c1. The Kier molecular flexibility index (Phi) is 6.53. The fourth-order valence-corrected chi connectivity index (χ4v) is 5.38. The molecule has 1 aromatic rings. The van der Waals surface area contributed by atoms with Gasteiger partial charge in [-0.3, -0.25) is 14.4 Å². The number of Topliss-reactive ketones (excluding diaryl/α,β-unsaturated/α-hetero) is 2. The highest BCUT2D eigenvalue weighted by atomic mass is 32.2. The van der Waals surface area contributed by atoms with Crippen LogP contribution in [0.15, 0.2) is 12.1 Å². The third-order valence-corrected chi connectivity index (χ3v) is 6.87. The third-order valence-electron chi connectivity index (χ3n) is 6.34. The second kappa shape index (κ2) is 8.75. The van der Waals surface area contributed by atoms with Gasteiger partial charge in [-0.25, -0.2) is 0 Å². The molecule has 1 saturated heterocycles. The molecule has 0 atom stereocenters. The van der Waals surface area contributed by atoms with Gasteiger partial charge in [0.25, 0.3) is 0 Å². The summed E-state index contributed by atoms with van der Waals surface area (Å²) >= 11 is 1.53. The number of piperidine rings is 1. The first-order chi connectivity index (χ1) is 13.8. The van der Waals surface area contributed by atoms with Gasteiger partial charge in [-0.1, -0.05) is 5.92 Å². The number of hydrogen-bond donors (Lipinski definition) is 0. The fraction of sp³-hybridized carbons (Fsp3) is 0.542. The Bertz CT molecular complexity index is 857. The average Bonchev–Trinajstić information content (AvgIpc) is 2.64. The number of benzene rings is 1. The van der Waals surface area contributed by atoms with E-state index < -0.39 is 5.92 Å². The van der Waals surface area contributed by atoms with Crippen LogP contribution in [0, 0.1) is 31.1 Å². The minimum Gasteiger partial charge on any atom is -0.342 e. The highest BCUT2D eigenvalue weighted by molar-refractivity contribution is 7.99. The van der Waals surface area contributed by atoms with Crippen molar-refractivity contribution in [3.05, 3.63) is 34.4 Å². The van der Waals surface area contributed by atoms with Crippen molar-refractivity contribution in [2.75, 3.05) is 25.1 Å². The summed E-state index contributed by atoms with van der Waals surface area (Å²) in [5.41, 5.74) is 3.44. The molecular formula is C24H29NO3S. The summed E-state index contributed by atoms with van der Waals surface area (Å²) in [6.07, 6.45) is 4.26. The van der Waals surface area contributed by atoms with Gasteiger partial charge >= 0.3 is 0 Å². The Morgan fingerprint density at radius 2 is 1.69 bits per heavy atom. The zero-order valence-corrected chi connectivity index (χ0v) is 18.6. The molecule has 0 unspecified atom stereocenters. The number of amides is 1. The maximum Gasteiger partial charge on any atom is 0.232 e. The van der Waals surface area contributed by atoms with Gasteiger partial charge in [0.05, 0.1) is 5.75 Å². The van der Waals surface area contributed by atoms with Crippen LogP contribution in [-0.2, 0) is 14.4 Å². The smallest absolute Gasteiger partial charge is 0.232 e. The molecule has 1 spiro atoms. The van der Waals surface area contributed by atoms with Crippen LogP contribution >= 0.6 is 11.8 Å². The minimum atomic E-state index is -0.652. The highest BCUT2D eigenvalue weighted by Crippen LogP contribution is 2.46. The maximum absolute atomic E-state index is 13.2. The van der Waals surface area contributed by atoms with Crippen LogP contribution in [0.5, 0.6) is 0 Å².